The van der Waals surface area contributed by atoms with Crippen LogP contribution in [0.25, 0.3) is 0 Å². The number of aryl methyl sites for hydroxylation is 1. The SMILES string of the molecule is CCC1CCCCC1Nc1nc(C)ccc1C(N)=S. The number of hydrogen-bond acceptors (Lipinski definition) is 3. The standard InChI is InChI=1S/C15H23N3S/c1-3-11-6-4-5-7-13(11)18-15-12(14(16)19)9-8-10(2)17-15/h8-9,11,13H,3-7H2,1-2H3,(H2,16,19)(H,17,18). The van der Waals surface area contributed by atoms with Crippen molar-refractivity contribution in [3.63, 3.8) is 0 Å². The van der Waals surface area contributed by atoms with Gasteiger partial charge >= 0.3 is 0 Å². The molecule has 1 fully saturated rings. The molecule has 104 valence electrons. The van der Waals surface area contributed by atoms with Gasteiger partial charge < -0.3 is 11.1 Å². The first-order valence-electron chi connectivity index (χ1n) is 7.15. The lowest BCUT2D eigenvalue weighted by molar-refractivity contribution is 0.317. The summed E-state index contributed by atoms with van der Waals surface area (Å²) >= 11 is 5.12. The van der Waals surface area contributed by atoms with Crippen LogP contribution < -0.4 is 11.1 Å². The zero-order valence-electron chi connectivity index (χ0n) is 11.8. The van der Waals surface area contributed by atoms with Gasteiger partial charge in [-0.3, -0.25) is 0 Å². The lowest BCUT2D eigenvalue weighted by Gasteiger charge is -2.32. The van der Waals surface area contributed by atoms with E-state index < -0.39 is 0 Å². The van der Waals surface area contributed by atoms with E-state index >= 15 is 0 Å². The summed E-state index contributed by atoms with van der Waals surface area (Å²) in [5.74, 6) is 1.59. The molecule has 0 aromatic carbocycles. The number of thiocarbonyl (C=S) groups is 1. The maximum absolute atomic E-state index is 5.79. The van der Waals surface area contributed by atoms with Gasteiger partial charge in [-0.1, -0.05) is 38.4 Å². The minimum atomic E-state index is 0.416. The van der Waals surface area contributed by atoms with Crippen LogP contribution in [0.1, 0.15) is 50.3 Å². The van der Waals surface area contributed by atoms with Crippen LogP contribution in [0.3, 0.4) is 0 Å². The van der Waals surface area contributed by atoms with Crippen LogP contribution in [0.4, 0.5) is 5.82 Å². The molecule has 19 heavy (non-hydrogen) atoms. The monoisotopic (exact) mass is 277 g/mol. The maximum Gasteiger partial charge on any atom is 0.136 e. The van der Waals surface area contributed by atoms with E-state index in [0.29, 0.717) is 11.0 Å². The molecule has 2 atom stereocenters. The third-order valence-electron chi connectivity index (χ3n) is 4.06. The molecule has 2 unspecified atom stereocenters. The molecule has 0 saturated heterocycles. The van der Waals surface area contributed by atoms with Gasteiger partial charge in [0.2, 0.25) is 0 Å². The van der Waals surface area contributed by atoms with Crippen molar-refractivity contribution in [2.24, 2.45) is 11.7 Å². The van der Waals surface area contributed by atoms with E-state index in [0.717, 1.165) is 23.0 Å². The van der Waals surface area contributed by atoms with Crippen LogP contribution in [0, 0.1) is 12.8 Å². The number of rotatable bonds is 4. The normalized spacial score (nSPS) is 23.1. The van der Waals surface area contributed by atoms with Crippen molar-refractivity contribution >= 4 is 23.0 Å². The van der Waals surface area contributed by atoms with Crippen LogP contribution in [0.15, 0.2) is 12.1 Å². The number of hydrogen-bond donors (Lipinski definition) is 2. The first-order chi connectivity index (χ1) is 9.11. The predicted octanol–water partition coefficient (Wildman–Crippen LogP) is 3.40. The zero-order valence-corrected chi connectivity index (χ0v) is 12.6. The molecule has 1 heterocycles. The zero-order chi connectivity index (χ0) is 13.8. The molecule has 0 radical (unpaired) electrons. The molecule has 1 saturated carbocycles. The molecule has 0 aliphatic heterocycles. The second-order valence-corrected chi connectivity index (χ2v) is 5.86. The molecule has 3 nitrogen and oxygen atoms in total. The van der Waals surface area contributed by atoms with Crippen molar-refractivity contribution in [3.05, 3.63) is 23.4 Å². The third-order valence-corrected chi connectivity index (χ3v) is 4.28. The van der Waals surface area contributed by atoms with Crippen molar-refractivity contribution in [2.45, 2.75) is 52.0 Å². The molecule has 0 amide bonds. The minimum Gasteiger partial charge on any atom is -0.389 e. The third kappa shape index (κ3) is 3.44. The Hall–Kier alpha value is -1.16. The highest BCUT2D eigenvalue weighted by molar-refractivity contribution is 7.80. The Kier molecular flexibility index (Phi) is 4.75. The predicted molar refractivity (Wildman–Crippen MR) is 84.5 cm³/mol. The number of nitrogens with one attached hydrogen (secondary N) is 1. The van der Waals surface area contributed by atoms with Gasteiger partial charge in [0, 0.05) is 11.7 Å². The molecule has 2 rings (SSSR count). The first kappa shape index (κ1) is 14.3. The highest BCUT2D eigenvalue weighted by Crippen LogP contribution is 2.29. The molecule has 0 bridgehead atoms. The smallest absolute Gasteiger partial charge is 0.136 e. The number of aromatic nitrogens is 1. The Morgan fingerprint density at radius 1 is 1.42 bits per heavy atom. The van der Waals surface area contributed by atoms with Crippen molar-refractivity contribution in [1.29, 1.82) is 0 Å². The maximum atomic E-state index is 5.79. The Morgan fingerprint density at radius 3 is 2.84 bits per heavy atom. The molecular weight excluding hydrogens is 254 g/mol. The summed E-state index contributed by atoms with van der Waals surface area (Å²) in [6, 6.07) is 4.43. The topological polar surface area (TPSA) is 50.9 Å². The summed E-state index contributed by atoms with van der Waals surface area (Å²) in [7, 11) is 0. The van der Waals surface area contributed by atoms with Crippen molar-refractivity contribution in [1.82, 2.24) is 4.98 Å². The van der Waals surface area contributed by atoms with Gasteiger partial charge in [-0.2, -0.15) is 0 Å². The fourth-order valence-corrected chi connectivity index (χ4v) is 3.09. The van der Waals surface area contributed by atoms with Gasteiger partial charge in [0.1, 0.15) is 10.8 Å². The molecule has 4 heteroatoms. The van der Waals surface area contributed by atoms with Gasteiger partial charge in [-0.05, 0) is 37.8 Å². The van der Waals surface area contributed by atoms with Crippen LogP contribution in [-0.2, 0) is 0 Å². The molecule has 0 spiro atoms. The minimum absolute atomic E-state index is 0.416. The van der Waals surface area contributed by atoms with Gasteiger partial charge in [-0.25, -0.2) is 4.98 Å². The molecule has 1 aliphatic rings. The molecule has 1 aromatic heterocycles. The molecule has 1 aliphatic carbocycles. The van der Waals surface area contributed by atoms with Gasteiger partial charge in [-0.15, -0.1) is 0 Å². The van der Waals surface area contributed by atoms with E-state index in [4.69, 9.17) is 18.0 Å². The summed E-state index contributed by atoms with van der Waals surface area (Å²) in [6.07, 6.45) is 6.38. The van der Waals surface area contributed by atoms with E-state index in [-0.39, 0.29) is 0 Å². The summed E-state index contributed by atoms with van der Waals surface area (Å²) in [4.78, 5) is 4.99. The van der Waals surface area contributed by atoms with E-state index in [1.54, 1.807) is 0 Å². The lowest BCUT2D eigenvalue weighted by Crippen LogP contribution is -2.33. The molecule has 1 aromatic rings. The Balaban J connectivity index is 2.21. The van der Waals surface area contributed by atoms with Crippen LogP contribution in [0.5, 0.6) is 0 Å². The van der Waals surface area contributed by atoms with E-state index in [2.05, 4.69) is 17.2 Å². The van der Waals surface area contributed by atoms with Gasteiger partial charge in [0.15, 0.2) is 0 Å². The fraction of sp³-hybridized carbons (Fsp3) is 0.600. The van der Waals surface area contributed by atoms with E-state index in [1.165, 1.54) is 32.1 Å². The van der Waals surface area contributed by atoms with Crippen LogP contribution in [-0.4, -0.2) is 16.0 Å². The highest BCUT2D eigenvalue weighted by Gasteiger charge is 2.24. The second kappa shape index (κ2) is 6.33. The molecular formula is C15H23N3S. The average molecular weight is 277 g/mol. The van der Waals surface area contributed by atoms with Crippen LogP contribution >= 0.6 is 12.2 Å². The summed E-state index contributed by atoms with van der Waals surface area (Å²) in [5, 5.41) is 3.59. The highest BCUT2D eigenvalue weighted by atomic mass is 32.1. The summed E-state index contributed by atoms with van der Waals surface area (Å²) in [6.45, 7) is 4.26. The second-order valence-electron chi connectivity index (χ2n) is 5.42. The Labute approximate surface area is 121 Å². The summed E-state index contributed by atoms with van der Waals surface area (Å²) < 4.78 is 0. The Bertz CT molecular complexity index is 459. The number of nitrogens with zero attached hydrogens (tertiary/aromatic N) is 1. The van der Waals surface area contributed by atoms with Crippen molar-refractivity contribution in [2.75, 3.05) is 5.32 Å². The van der Waals surface area contributed by atoms with Gasteiger partial charge in [0.05, 0.1) is 5.56 Å². The van der Waals surface area contributed by atoms with Crippen molar-refractivity contribution in [3.8, 4) is 0 Å². The average Bonchev–Trinajstić information content (AvgIpc) is 2.39. The Morgan fingerprint density at radius 2 is 2.16 bits per heavy atom. The molecule has 3 N–H and O–H groups in total. The number of anilines is 1. The van der Waals surface area contributed by atoms with E-state index in [9.17, 15) is 0 Å². The van der Waals surface area contributed by atoms with E-state index in [1.807, 2.05) is 19.1 Å². The van der Waals surface area contributed by atoms with Gasteiger partial charge in [0.25, 0.3) is 0 Å². The number of pyridine rings is 1. The van der Waals surface area contributed by atoms with Crippen LogP contribution in [0.2, 0.25) is 0 Å². The largest absolute Gasteiger partial charge is 0.389 e. The lowest BCUT2D eigenvalue weighted by atomic mass is 9.83. The summed E-state index contributed by atoms with van der Waals surface area (Å²) in [5.41, 5.74) is 7.64. The fourth-order valence-electron chi connectivity index (χ4n) is 2.93. The first-order valence-corrected chi connectivity index (χ1v) is 7.56. The quantitative estimate of drug-likeness (QED) is 0.828. The number of nitrogens with two attached hydrogens (primary N) is 1. The van der Waals surface area contributed by atoms with Crippen molar-refractivity contribution < 1.29 is 0 Å².